The zero-order chi connectivity index (χ0) is 14.0. The molecule has 0 heterocycles. The third-order valence-electron chi connectivity index (χ3n) is 3.00. The predicted molar refractivity (Wildman–Crippen MR) is 76.4 cm³/mol. The molecular formula is C16H26O2. The van der Waals surface area contributed by atoms with E-state index in [0.717, 1.165) is 5.75 Å². The van der Waals surface area contributed by atoms with Crippen molar-refractivity contribution in [2.75, 3.05) is 13.2 Å². The van der Waals surface area contributed by atoms with Gasteiger partial charge in [-0.25, -0.2) is 0 Å². The van der Waals surface area contributed by atoms with Crippen molar-refractivity contribution < 1.29 is 9.84 Å². The lowest BCUT2D eigenvalue weighted by Crippen LogP contribution is -2.17. The molecule has 1 N–H and O–H groups in total. The normalized spacial score (nSPS) is 12.6. The Kier molecular flexibility index (Phi) is 4.44. The molecule has 0 amide bonds. The lowest BCUT2D eigenvalue weighted by Gasteiger charge is -2.26. The Balaban J connectivity index is 3.21. The van der Waals surface area contributed by atoms with Crippen LogP contribution in [-0.2, 0) is 10.8 Å². The van der Waals surface area contributed by atoms with E-state index >= 15 is 0 Å². The van der Waals surface area contributed by atoms with Gasteiger partial charge in [-0.3, -0.25) is 0 Å². The smallest absolute Gasteiger partial charge is 0.120 e. The summed E-state index contributed by atoms with van der Waals surface area (Å²) in [6.07, 6.45) is 0. The highest BCUT2D eigenvalue weighted by Crippen LogP contribution is 2.32. The molecule has 2 nitrogen and oxygen atoms in total. The van der Waals surface area contributed by atoms with Crippen molar-refractivity contribution >= 4 is 0 Å². The fourth-order valence-corrected chi connectivity index (χ4v) is 1.71. The fourth-order valence-electron chi connectivity index (χ4n) is 1.71. The van der Waals surface area contributed by atoms with Crippen LogP contribution < -0.4 is 4.74 Å². The maximum atomic E-state index is 8.86. The molecule has 0 aliphatic carbocycles. The summed E-state index contributed by atoms with van der Waals surface area (Å²) in [4.78, 5) is 0. The molecule has 0 unspecified atom stereocenters. The number of hydrogen-bond acceptors (Lipinski definition) is 2. The van der Waals surface area contributed by atoms with Gasteiger partial charge in [0.1, 0.15) is 12.4 Å². The zero-order valence-corrected chi connectivity index (χ0v) is 12.5. The van der Waals surface area contributed by atoms with Crippen LogP contribution in [0.5, 0.6) is 5.75 Å². The van der Waals surface area contributed by atoms with Crippen LogP contribution in [0.25, 0.3) is 0 Å². The van der Waals surface area contributed by atoms with E-state index in [1.54, 1.807) is 0 Å². The van der Waals surface area contributed by atoms with Gasteiger partial charge in [0.25, 0.3) is 0 Å². The van der Waals surface area contributed by atoms with Crippen LogP contribution in [0.2, 0.25) is 0 Å². The Bertz CT molecular complexity index is 362. The molecule has 0 aromatic heterocycles. The van der Waals surface area contributed by atoms with E-state index in [9.17, 15) is 0 Å². The second kappa shape index (κ2) is 5.31. The zero-order valence-electron chi connectivity index (χ0n) is 12.5. The van der Waals surface area contributed by atoms with E-state index in [4.69, 9.17) is 9.84 Å². The molecule has 1 aromatic carbocycles. The van der Waals surface area contributed by atoms with Crippen molar-refractivity contribution in [3.05, 3.63) is 29.3 Å². The van der Waals surface area contributed by atoms with E-state index in [2.05, 4.69) is 59.7 Å². The van der Waals surface area contributed by atoms with Crippen LogP contribution in [0.4, 0.5) is 0 Å². The highest BCUT2D eigenvalue weighted by molar-refractivity contribution is 5.40. The monoisotopic (exact) mass is 250 g/mol. The Morgan fingerprint density at radius 2 is 1.33 bits per heavy atom. The summed E-state index contributed by atoms with van der Waals surface area (Å²) < 4.78 is 5.58. The minimum Gasteiger partial charge on any atom is -0.491 e. The molecule has 0 spiro atoms. The van der Waals surface area contributed by atoms with Crippen LogP contribution in [-0.4, -0.2) is 18.3 Å². The summed E-state index contributed by atoms with van der Waals surface area (Å²) in [5, 5.41) is 8.86. The lowest BCUT2D eigenvalue weighted by atomic mass is 9.80. The van der Waals surface area contributed by atoms with Crippen LogP contribution in [0.3, 0.4) is 0 Å². The molecule has 2 heteroatoms. The number of rotatable bonds is 3. The molecular weight excluding hydrogens is 224 g/mol. The first-order valence-electron chi connectivity index (χ1n) is 6.54. The minimum absolute atomic E-state index is 0.0462. The van der Waals surface area contributed by atoms with Crippen molar-refractivity contribution in [1.82, 2.24) is 0 Å². The maximum Gasteiger partial charge on any atom is 0.120 e. The standard InChI is InChI=1S/C16H26O2/c1-15(2,3)12-9-13(16(4,5)6)11-14(10-12)18-8-7-17/h9-11,17H,7-8H2,1-6H3. The topological polar surface area (TPSA) is 29.5 Å². The molecule has 18 heavy (non-hydrogen) atoms. The Labute approximate surface area is 111 Å². The van der Waals surface area contributed by atoms with Gasteiger partial charge in [0.2, 0.25) is 0 Å². The third kappa shape index (κ3) is 4.02. The molecule has 0 radical (unpaired) electrons. The minimum atomic E-state index is 0.0462. The number of aliphatic hydroxyl groups excluding tert-OH is 1. The average molecular weight is 250 g/mol. The first-order valence-corrected chi connectivity index (χ1v) is 6.54. The summed E-state index contributed by atoms with van der Waals surface area (Å²) in [6, 6.07) is 6.40. The summed E-state index contributed by atoms with van der Waals surface area (Å²) in [5.41, 5.74) is 2.72. The second-order valence-corrected chi connectivity index (χ2v) is 6.82. The quantitative estimate of drug-likeness (QED) is 0.887. The predicted octanol–water partition coefficient (Wildman–Crippen LogP) is 3.65. The summed E-state index contributed by atoms with van der Waals surface area (Å²) in [5.74, 6) is 0.849. The lowest BCUT2D eigenvalue weighted by molar-refractivity contribution is 0.201. The molecule has 102 valence electrons. The summed E-state index contributed by atoms with van der Waals surface area (Å²) in [6.45, 7) is 13.6. The summed E-state index contributed by atoms with van der Waals surface area (Å²) in [7, 11) is 0. The van der Waals surface area contributed by atoms with Crippen molar-refractivity contribution in [2.24, 2.45) is 0 Å². The van der Waals surface area contributed by atoms with Crippen LogP contribution >= 0.6 is 0 Å². The van der Waals surface area contributed by atoms with Gasteiger partial charge in [0, 0.05) is 0 Å². The van der Waals surface area contributed by atoms with Gasteiger partial charge in [-0.2, -0.15) is 0 Å². The van der Waals surface area contributed by atoms with E-state index in [1.807, 2.05) is 0 Å². The first kappa shape index (κ1) is 15.0. The number of ether oxygens (including phenoxy) is 1. The highest BCUT2D eigenvalue weighted by Gasteiger charge is 2.20. The van der Waals surface area contributed by atoms with Gasteiger partial charge in [-0.05, 0) is 34.1 Å². The van der Waals surface area contributed by atoms with E-state index in [1.165, 1.54) is 11.1 Å². The SMILES string of the molecule is CC(C)(C)c1cc(OCCO)cc(C(C)(C)C)c1. The fraction of sp³-hybridized carbons (Fsp3) is 0.625. The van der Waals surface area contributed by atoms with Gasteiger partial charge < -0.3 is 9.84 Å². The summed E-state index contributed by atoms with van der Waals surface area (Å²) >= 11 is 0. The van der Waals surface area contributed by atoms with Gasteiger partial charge in [-0.1, -0.05) is 47.6 Å². The molecule has 1 rings (SSSR count). The molecule has 0 saturated heterocycles. The Morgan fingerprint density at radius 3 is 1.67 bits per heavy atom. The number of aliphatic hydroxyl groups is 1. The van der Waals surface area contributed by atoms with Crippen molar-refractivity contribution in [3.8, 4) is 5.75 Å². The van der Waals surface area contributed by atoms with Gasteiger partial charge >= 0.3 is 0 Å². The second-order valence-electron chi connectivity index (χ2n) is 6.82. The van der Waals surface area contributed by atoms with Gasteiger partial charge in [0.15, 0.2) is 0 Å². The number of benzene rings is 1. The van der Waals surface area contributed by atoms with Crippen LogP contribution in [0, 0.1) is 0 Å². The van der Waals surface area contributed by atoms with E-state index in [-0.39, 0.29) is 17.4 Å². The van der Waals surface area contributed by atoms with Crippen LogP contribution in [0.1, 0.15) is 52.7 Å². The van der Waals surface area contributed by atoms with E-state index < -0.39 is 0 Å². The first-order chi connectivity index (χ1) is 8.14. The molecule has 0 saturated carbocycles. The van der Waals surface area contributed by atoms with Crippen LogP contribution in [0.15, 0.2) is 18.2 Å². The van der Waals surface area contributed by atoms with Crippen molar-refractivity contribution in [2.45, 2.75) is 52.4 Å². The Morgan fingerprint density at radius 1 is 0.889 bits per heavy atom. The molecule has 1 aromatic rings. The molecule has 0 aliphatic heterocycles. The highest BCUT2D eigenvalue weighted by atomic mass is 16.5. The van der Waals surface area contributed by atoms with Gasteiger partial charge in [0.05, 0.1) is 6.61 Å². The average Bonchev–Trinajstić information content (AvgIpc) is 2.23. The van der Waals surface area contributed by atoms with Crippen molar-refractivity contribution in [1.29, 1.82) is 0 Å². The molecule has 0 bridgehead atoms. The third-order valence-corrected chi connectivity index (χ3v) is 3.00. The van der Waals surface area contributed by atoms with E-state index in [0.29, 0.717) is 6.61 Å². The molecule has 0 aliphatic rings. The largest absolute Gasteiger partial charge is 0.491 e. The molecule has 0 atom stereocenters. The Hall–Kier alpha value is -1.02. The maximum absolute atomic E-state index is 8.86. The molecule has 0 fully saturated rings. The van der Waals surface area contributed by atoms with Crippen molar-refractivity contribution in [3.63, 3.8) is 0 Å². The van der Waals surface area contributed by atoms with Gasteiger partial charge in [-0.15, -0.1) is 0 Å². The number of hydrogen-bond donors (Lipinski definition) is 1.